The fourth-order valence-corrected chi connectivity index (χ4v) is 4.23. The number of thiazole rings is 1. The summed E-state index contributed by atoms with van der Waals surface area (Å²) in [5, 5.41) is 19.2. The van der Waals surface area contributed by atoms with Gasteiger partial charge in [0.25, 0.3) is 0 Å². The predicted molar refractivity (Wildman–Crippen MR) is 92.6 cm³/mol. The topological polar surface area (TPSA) is 103 Å². The monoisotopic (exact) mass is 369 g/mol. The van der Waals surface area contributed by atoms with Gasteiger partial charge in [0.15, 0.2) is 0 Å². The maximum absolute atomic E-state index is 11.0. The number of hydrogen-bond acceptors (Lipinski definition) is 8. The molecule has 0 amide bonds. The summed E-state index contributed by atoms with van der Waals surface area (Å²) in [6.45, 7) is 0. The van der Waals surface area contributed by atoms with E-state index in [0.717, 1.165) is 23.4 Å². The van der Waals surface area contributed by atoms with Crippen molar-refractivity contribution in [3.8, 4) is 11.7 Å². The van der Waals surface area contributed by atoms with Crippen LogP contribution in [0.3, 0.4) is 0 Å². The lowest BCUT2D eigenvalue weighted by Crippen LogP contribution is -2.06. The van der Waals surface area contributed by atoms with E-state index in [4.69, 9.17) is 4.74 Å². The highest BCUT2D eigenvalue weighted by molar-refractivity contribution is 7.17. The molecule has 1 atom stereocenters. The van der Waals surface area contributed by atoms with Gasteiger partial charge in [-0.1, -0.05) is 5.21 Å². The summed E-state index contributed by atoms with van der Waals surface area (Å²) in [5.74, 6) is 0.523. The maximum Gasteiger partial charge on any atom is 0.316 e. The number of aromatic nitrogens is 7. The van der Waals surface area contributed by atoms with Gasteiger partial charge >= 0.3 is 6.01 Å². The molecular weight excluding hydrogens is 354 g/mol. The zero-order valence-corrected chi connectivity index (χ0v) is 14.7. The van der Waals surface area contributed by atoms with E-state index in [0.29, 0.717) is 17.3 Å². The van der Waals surface area contributed by atoms with Crippen LogP contribution in [0.1, 0.15) is 41.1 Å². The van der Waals surface area contributed by atoms with Gasteiger partial charge in [-0.15, -0.1) is 16.4 Å². The van der Waals surface area contributed by atoms with E-state index in [-0.39, 0.29) is 6.01 Å². The minimum atomic E-state index is -0.874. The van der Waals surface area contributed by atoms with Crippen LogP contribution in [-0.2, 0) is 0 Å². The fraction of sp³-hybridized carbons (Fsp3) is 0.312. The van der Waals surface area contributed by atoms with E-state index >= 15 is 0 Å². The first-order valence-corrected chi connectivity index (χ1v) is 8.97. The van der Waals surface area contributed by atoms with Crippen molar-refractivity contribution in [3.05, 3.63) is 47.4 Å². The van der Waals surface area contributed by atoms with Crippen LogP contribution in [0.2, 0.25) is 0 Å². The van der Waals surface area contributed by atoms with Gasteiger partial charge in [-0.05, 0) is 18.8 Å². The van der Waals surface area contributed by atoms with Gasteiger partial charge < -0.3 is 9.84 Å². The van der Waals surface area contributed by atoms with Gasteiger partial charge in [0, 0.05) is 4.88 Å². The molecule has 4 aromatic heterocycles. The highest BCUT2D eigenvalue weighted by Gasteiger charge is 2.33. The number of fused-ring (bicyclic) bond motifs is 1. The molecule has 4 aromatic rings. The van der Waals surface area contributed by atoms with Crippen LogP contribution in [0, 0.1) is 0 Å². The lowest BCUT2D eigenvalue weighted by atomic mass is 10.1. The molecule has 5 rings (SSSR count). The Kier molecular flexibility index (Phi) is 3.47. The second kappa shape index (κ2) is 5.85. The van der Waals surface area contributed by atoms with Crippen molar-refractivity contribution in [2.45, 2.75) is 24.9 Å². The van der Waals surface area contributed by atoms with Crippen LogP contribution in [-0.4, -0.2) is 46.6 Å². The van der Waals surface area contributed by atoms with Crippen molar-refractivity contribution in [2.24, 2.45) is 0 Å². The van der Waals surface area contributed by atoms with E-state index in [9.17, 15) is 5.11 Å². The first-order valence-electron chi connectivity index (χ1n) is 8.16. The number of rotatable bonds is 5. The molecule has 0 radical (unpaired) electrons. The molecule has 1 saturated carbocycles. The third-order valence-electron chi connectivity index (χ3n) is 4.39. The zero-order valence-electron chi connectivity index (χ0n) is 13.8. The second-order valence-electron chi connectivity index (χ2n) is 6.15. The molecule has 1 unspecified atom stereocenters. The number of hydrogen-bond donors (Lipinski definition) is 1. The van der Waals surface area contributed by atoms with Crippen molar-refractivity contribution in [1.82, 2.24) is 34.3 Å². The molecule has 26 heavy (non-hydrogen) atoms. The van der Waals surface area contributed by atoms with Crippen LogP contribution in [0.15, 0.2) is 31.1 Å². The van der Waals surface area contributed by atoms with E-state index in [2.05, 4.69) is 25.3 Å². The van der Waals surface area contributed by atoms with Gasteiger partial charge in [0.2, 0.25) is 0 Å². The molecule has 4 heterocycles. The minimum Gasteiger partial charge on any atom is -0.467 e. The van der Waals surface area contributed by atoms with Crippen LogP contribution in [0.5, 0.6) is 6.01 Å². The van der Waals surface area contributed by atoms with Gasteiger partial charge in [0.05, 0.1) is 37.6 Å². The summed E-state index contributed by atoms with van der Waals surface area (Å²) >= 11 is 1.68. The highest BCUT2D eigenvalue weighted by atomic mass is 32.1. The van der Waals surface area contributed by atoms with Crippen molar-refractivity contribution in [1.29, 1.82) is 0 Å². The highest BCUT2D eigenvalue weighted by Crippen LogP contribution is 2.47. The molecule has 0 bridgehead atoms. The number of imidazole rings is 1. The molecule has 1 aliphatic carbocycles. The Hall–Kier alpha value is -2.85. The Balaban J connectivity index is 1.51. The van der Waals surface area contributed by atoms with Crippen molar-refractivity contribution in [2.75, 3.05) is 7.11 Å². The average Bonchev–Trinajstić information content (AvgIpc) is 3.09. The third kappa shape index (κ3) is 2.45. The van der Waals surface area contributed by atoms with E-state index in [1.54, 1.807) is 36.3 Å². The van der Waals surface area contributed by atoms with Crippen LogP contribution >= 0.6 is 11.3 Å². The molecule has 1 N–H and O–H groups in total. The average molecular weight is 369 g/mol. The molecule has 132 valence electrons. The van der Waals surface area contributed by atoms with Gasteiger partial charge in [-0.25, -0.2) is 19.6 Å². The number of ether oxygens (including phenoxy) is 1. The van der Waals surface area contributed by atoms with E-state index in [1.807, 2.05) is 10.6 Å². The number of aliphatic hydroxyl groups is 1. The van der Waals surface area contributed by atoms with E-state index in [1.165, 1.54) is 16.7 Å². The van der Waals surface area contributed by atoms with Crippen LogP contribution < -0.4 is 4.74 Å². The Morgan fingerprint density at radius 3 is 2.81 bits per heavy atom. The molecule has 0 spiro atoms. The normalized spacial score (nSPS) is 15.5. The summed E-state index contributed by atoms with van der Waals surface area (Å²) < 4.78 is 8.43. The lowest BCUT2D eigenvalue weighted by molar-refractivity contribution is 0.208. The molecule has 0 aromatic carbocycles. The number of aliphatic hydroxyl groups excluding tert-OH is 1. The fourth-order valence-electron chi connectivity index (χ4n) is 2.93. The van der Waals surface area contributed by atoms with Gasteiger partial charge in [-0.3, -0.25) is 4.40 Å². The van der Waals surface area contributed by atoms with Crippen molar-refractivity contribution >= 4 is 16.2 Å². The molecule has 0 saturated heterocycles. The molecule has 1 fully saturated rings. The van der Waals surface area contributed by atoms with Crippen molar-refractivity contribution < 1.29 is 9.84 Å². The summed E-state index contributed by atoms with van der Waals surface area (Å²) in [5.41, 5.74) is 1.94. The molecule has 0 aliphatic heterocycles. The minimum absolute atomic E-state index is 0.281. The van der Waals surface area contributed by atoms with Gasteiger partial charge in [-0.2, -0.15) is 0 Å². The summed E-state index contributed by atoms with van der Waals surface area (Å²) in [6, 6.07) is 0.281. The Labute approximate surface area is 151 Å². The Morgan fingerprint density at radius 2 is 2.08 bits per heavy atom. The maximum atomic E-state index is 11.0. The lowest BCUT2D eigenvalue weighted by Gasteiger charge is -2.09. The van der Waals surface area contributed by atoms with Gasteiger partial charge in [0.1, 0.15) is 28.6 Å². The SMILES string of the molecule is COc1ncc(-n2cc(C(O)c3c(C4CC4)sc4cncn34)nn2)cn1. The molecule has 10 heteroatoms. The standard InChI is InChI=1S/C16H15N7O2S/c1-25-16-18-4-10(5-19-16)23-7-11(20-21-23)14(24)13-15(9-2-3-9)26-12-6-17-8-22(12)13/h4-9,14,24H,2-3H2,1H3. The predicted octanol–water partition coefficient (Wildman–Crippen LogP) is 1.73. The number of methoxy groups -OCH3 is 1. The smallest absolute Gasteiger partial charge is 0.316 e. The van der Waals surface area contributed by atoms with Crippen LogP contribution in [0.25, 0.3) is 10.5 Å². The Morgan fingerprint density at radius 1 is 1.27 bits per heavy atom. The largest absolute Gasteiger partial charge is 0.467 e. The Bertz CT molecular complexity index is 1060. The summed E-state index contributed by atoms with van der Waals surface area (Å²) in [6.07, 6.45) is 9.86. The molecular formula is C16H15N7O2S. The quantitative estimate of drug-likeness (QED) is 0.571. The first kappa shape index (κ1) is 15.4. The molecule has 9 nitrogen and oxygen atoms in total. The summed E-state index contributed by atoms with van der Waals surface area (Å²) in [4.78, 5) is 14.5. The second-order valence-corrected chi connectivity index (χ2v) is 7.21. The third-order valence-corrected chi connectivity index (χ3v) is 5.66. The zero-order chi connectivity index (χ0) is 17.7. The van der Waals surface area contributed by atoms with E-state index < -0.39 is 6.10 Å². The first-order chi connectivity index (χ1) is 12.7. The summed E-state index contributed by atoms with van der Waals surface area (Å²) in [7, 11) is 1.51. The van der Waals surface area contributed by atoms with Crippen LogP contribution in [0.4, 0.5) is 0 Å². The number of nitrogens with zero attached hydrogens (tertiary/aromatic N) is 7. The van der Waals surface area contributed by atoms with Crippen molar-refractivity contribution in [3.63, 3.8) is 0 Å². The molecule has 1 aliphatic rings.